The number of ether oxygens (including phenoxy) is 1. The SMILES string of the molecule is CCc1nsc(N2CCN(C(=O)Nc3ccc(OCC(N)=O)cc3)CC2)n1. The molecule has 0 unspecified atom stereocenters. The maximum Gasteiger partial charge on any atom is 0.321 e. The van der Waals surface area contributed by atoms with Crippen molar-refractivity contribution in [1.82, 2.24) is 14.3 Å². The minimum atomic E-state index is -0.536. The Morgan fingerprint density at radius 3 is 2.52 bits per heavy atom. The zero-order valence-electron chi connectivity index (χ0n) is 15.1. The fourth-order valence-corrected chi connectivity index (χ4v) is 3.41. The van der Waals surface area contributed by atoms with E-state index in [0.717, 1.165) is 30.5 Å². The third kappa shape index (κ3) is 5.07. The molecule has 1 fully saturated rings. The van der Waals surface area contributed by atoms with Crippen molar-refractivity contribution in [2.75, 3.05) is 43.0 Å². The van der Waals surface area contributed by atoms with E-state index in [4.69, 9.17) is 10.5 Å². The zero-order chi connectivity index (χ0) is 19.2. The molecular weight excluding hydrogens is 368 g/mol. The summed E-state index contributed by atoms with van der Waals surface area (Å²) >= 11 is 1.40. The lowest BCUT2D eigenvalue weighted by atomic mass is 10.3. The first-order chi connectivity index (χ1) is 13.0. The molecule has 0 radical (unpaired) electrons. The molecule has 3 amide bonds. The molecule has 0 bridgehead atoms. The van der Waals surface area contributed by atoms with Gasteiger partial charge in [0, 0.05) is 49.8 Å². The van der Waals surface area contributed by atoms with Crippen LogP contribution in [0.3, 0.4) is 0 Å². The largest absolute Gasteiger partial charge is 0.484 e. The molecule has 1 aromatic carbocycles. The number of nitrogens with two attached hydrogens (primary N) is 1. The van der Waals surface area contributed by atoms with Crippen molar-refractivity contribution in [1.29, 1.82) is 0 Å². The summed E-state index contributed by atoms with van der Waals surface area (Å²) in [4.78, 5) is 31.6. The molecule has 3 N–H and O–H groups in total. The van der Waals surface area contributed by atoms with Gasteiger partial charge in [-0.1, -0.05) is 6.92 Å². The van der Waals surface area contributed by atoms with Gasteiger partial charge in [0.1, 0.15) is 11.6 Å². The Bertz CT molecular complexity index is 786. The van der Waals surface area contributed by atoms with Gasteiger partial charge in [0.25, 0.3) is 5.91 Å². The summed E-state index contributed by atoms with van der Waals surface area (Å²) in [5.74, 6) is 0.841. The van der Waals surface area contributed by atoms with E-state index in [0.29, 0.717) is 24.5 Å². The molecule has 0 aliphatic carbocycles. The average molecular weight is 390 g/mol. The molecule has 0 saturated carbocycles. The number of benzene rings is 1. The zero-order valence-corrected chi connectivity index (χ0v) is 15.9. The lowest BCUT2D eigenvalue weighted by Crippen LogP contribution is -2.50. The maximum atomic E-state index is 12.4. The topological polar surface area (TPSA) is 114 Å². The second-order valence-electron chi connectivity index (χ2n) is 6.03. The van der Waals surface area contributed by atoms with Crippen LogP contribution in [0.1, 0.15) is 12.7 Å². The number of nitrogens with zero attached hydrogens (tertiary/aromatic N) is 4. The number of rotatable bonds is 6. The van der Waals surface area contributed by atoms with E-state index in [1.165, 1.54) is 11.5 Å². The summed E-state index contributed by atoms with van der Waals surface area (Å²) in [6.07, 6.45) is 0.825. The Balaban J connectivity index is 1.48. The van der Waals surface area contributed by atoms with Crippen molar-refractivity contribution < 1.29 is 14.3 Å². The van der Waals surface area contributed by atoms with Crippen LogP contribution in [0.5, 0.6) is 5.75 Å². The molecule has 3 rings (SSSR count). The number of anilines is 2. The highest BCUT2D eigenvalue weighted by atomic mass is 32.1. The summed E-state index contributed by atoms with van der Waals surface area (Å²) in [5.41, 5.74) is 5.70. The van der Waals surface area contributed by atoms with Gasteiger partial charge in [-0.3, -0.25) is 4.79 Å². The second kappa shape index (κ2) is 8.67. The van der Waals surface area contributed by atoms with E-state index in [-0.39, 0.29) is 12.6 Å². The molecule has 0 spiro atoms. The maximum absolute atomic E-state index is 12.4. The third-order valence-corrected chi connectivity index (χ3v) is 4.91. The number of aromatic nitrogens is 2. The normalized spacial score (nSPS) is 14.1. The number of hydrogen-bond acceptors (Lipinski definition) is 7. The summed E-state index contributed by atoms with van der Waals surface area (Å²) in [6.45, 7) is 4.55. The van der Waals surface area contributed by atoms with Crippen LogP contribution < -0.4 is 20.7 Å². The summed E-state index contributed by atoms with van der Waals surface area (Å²) in [7, 11) is 0. The number of aryl methyl sites for hydroxylation is 1. The van der Waals surface area contributed by atoms with Crippen LogP contribution in [0.25, 0.3) is 0 Å². The molecular formula is C17H22N6O3S. The summed E-state index contributed by atoms with van der Waals surface area (Å²) in [5, 5.41) is 3.78. The Labute approximate surface area is 161 Å². The van der Waals surface area contributed by atoms with Crippen LogP contribution in [-0.4, -0.2) is 59.0 Å². The molecule has 27 heavy (non-hydrogen) atoms. The van der Waals surface area contributed by atoms with Gasteiger partial charge in [-0.05, 0) is 24.3 Å². The van der Waals surface area contributed by atoms with Crippen LogP contribution >= 0.6 is 11.5 Å². The van der Waals surface area contributed by atoms with E-state index in [1.54, 1.807) is 29.2 Å². The number of carbonyl (C=O) groups excluding carboxylic acids is 2. The second-order valence-corrected chi connectivity index (χ2v) is 6.76. The molecule has 9 nitrogen and oxygen atoms in total. The fraction of sp³-hybridized carbons (Fsp3) is 0.412. The summed E-state index contributed by atoms with van der Waals surface area (Å²) in [6, 6.07) is 6.65. The van der Waals surface area contributed by atoms with Crippen molar-refractivity contribution >= 4 is 34.3 Å². The number of hydrogen-bond donors (Lipinski definition) is 2. The van der Waals surface area contributed by atoms with E-state index in [2.05, 4.69) is 19.6 Å². The number of piperazine rings is 1. The molecule has 144 valence electrons. The first-order valence-electron chi connectivity index (χ1n) is 8.69. The molecule has 1 saturated heterocycles. The van der Waals surface area contributed by atoms with Gasteiger partial charge in [0.05, 0.1) is 0 Å². The number of urea groups is 1. The van der Waals surface area contributed by atoms with Crippen LogP contribution in [0, 0.1) is 0 Å². The molecule has 0 atom stereocenters. The van der Waals surface area contributed by atoms with Crippen molar-refractivity contribution in [3.63, 3.8) is 0 Å². The van der Waals surface area contributed by atoms with E-state index >= 15 is 0 Å². The molecule has 2 heterocycles. The highest BCUT2D eigenvalue weighted by Gasteiger charge is 2.23. The van der Waals surface area contributed by atoms with Crippen molar-refractivity contribution in [2.24, 2.45) is 5.73 Å². The predicted molar refractivity (Wildman–Crippen MR) is 103 cm³/mol. The standard InChI is InChI=1S/C17H22N6O3S/c1-2-15-20-17(27-21-15)23-9-7-22(8-10-23)16(25)19-12-3-5-13(6-4-12)26-11-14(18)24/h3-6H,2,7-11H2,1H3,(H2,18,24)(H,19,25). The first kappa shape index (κ1) is 18.9. The van der Waals surface area contributed by atoms with Gasteiger partial charge < -0.3 is 25.6 Å². The van der Waals surface area contributed by atoms with Gasteiger partial charge in [-0.2, -0.15) is 4.37 Å². The van der Waals surface area contributed by atoms with Gasteiger partial charge in [0.2, 0.25) is 5.13 Å². The Hall–Kier alpha value is -2.88. The molecule has 1 aromatic heterocycles. The monoisotopic (exact) mass is 390 g/mol. The molecule has 1 aliphatic heterocycles. The number of nitrogens with one attached hydrogen (secondary N) is 1. The summed E-state index contributed by atoms with van der Waals surface area (Å²) < 4.78 is 9.50. The lowest BCUT2D eigenvalue weighted by Gasteiger charge is -2.34. The van der Waals surface area contributed by atoms with E-state index in [9.17, 15) is 9.59 Å². The highest BCUT2D eigenvalue weighted by molar-refractivity contribution is 7.09. The van der Waals surface area contributed by atoms with Crippen molar-refractivity contribution in [3.8, 4) is 5.75 Å². The number of primary amides is 1. The minimum Gasteiger partial charge on any atom is -0.484 e. The van der Waals surface area contributed by atoms with Gasteiger partial charge in [0.15, 0.2) is 6.61 Å². The lowest BCUT2D eigenvalue weighted by molar-refractivity contribution is -0.119. The number of amides is 3. The number of carbonyl (C=O) groups is 2. The first-order valence-corrected chi connectivity index (χ1v) is 9.47. The minimum absolute atomic E-state index is 0.146. The van der Waals surface area contributed by atoms with Gasteiger partial charge in [-0.15, -0.1) is 0 Å². The Kier molecular flexibility index (Phi) is 6.07. The van der Waals surface area contributed by atoms with Gasteiger partial charge >= 0.3 is 6.03 Å². The van der Waals surface area contributed by atoms with Crippen molar-refractivity contribution in [2.45, 2.75) is 13.3 Å². The third-order valence-electron chi connectivity index (χ3n) is 4.10. The highest BCUT2D eigenvalue weighted by Crippen LogP contribution is 2.20. The van der Waals surface area contributed by atoms with E-state index < -0.39 is 5.91 Å². The van der Waals surface area contributed by atoms with Gasteiger partial charge in [-0.25, -0.2) is 9.78 Å². The average Bonchev–Trinajstić information content (AvgIpc) is 3.17. The molecule has 10 heteroatoms. The smallest absolute Gasteiger partial charge is 0.321 e. The van der Waals surface area contributed by atoms with Crippen LogP contribution in [0.2, 0.25) is 0 Å². The molecule has 1 aliphatic rings. The van der Waals surface area contributed by atoms with Crippen LogP contribution in [-0.2, 0) is 11.2 Å². The predicted octanol–water partition coefficient (Wildman–Crippen LogP) is 1.32. The Morgan fingerprint density at radius 2 is 1.93 bits per heavy atom. The quantitative estimate of drug-likeness (QED) is 0.769. The van der Waals surface area contributed by atoms with E-state index in [1.807, 2.05) is 6.92 Å². The molecule has 2 aromatic rings. The van der Waals surface area contributed by atoms with Crippen LogP contribution in [0.15, 0.2) is 24.3 Å². The fourth-order valence-electron chi connectivity index (χ4n) is 2.61. The Morgan fingerprint density at radius 1 is 1.22 bits per heavy atom. The van der Waals surface area contributed by atoms with Crippen LogP contribution in [0.4, 0.5) is 15.6 Å². The van der Waals surface area contributed by atoms with Crippen molar-refractivity contribution in [3.05, 3.63) is 30.1 Å².